The fourth-order valence-electron chi connectivity index (χ4n) is 5.94. The first-order valence-corrected chi connectivity index (χ1v) is 12.6. The highest BCUT2D eigenvalue weighted by Crippen LogP contribution is 2.50. The second-order valence-corrected chi connectivity index (χ2v) is 12.6. The Bertz CT molecular complexity index is 1160. The van der Waals surface area contributed by atoms with Gasteiger partial charge in [-0.15, -0.1) is 0 Å². The van der Waals surface area contributed by atoms with Gasteiger partial charge < -0.3 is 10.5 Å². The average molecular weight is 478 g/mol. The number of ether oxygens (including phenoxy) is 1. The van der Waals surface area contributed by atoms with Gasteiger partial charge in [0.25, 0.3) is 5.56 Å². The summed E-state index contributed by atoms with van der Waals surface area (Å²) in [4.78, 5) is 31.2. The van der Waals surface area contributed by atoms with Crippen LogP contribution in [0.15, 0.2) is 46.8 Å². The molecular formula is C29H39N3O3. The van der Waals surface area contributed by atoms with E-state index in [2.05, 4.69) is 53.5 Å². The highest BCUT2D eigenvalue weighted by molar-refractivity contribution is 5.96. The van der Waals surface area contributed by atoms with Crippen LogP contribution < -0.4 is 11.3 Å². The zero-order valence-corrected chi connectivity index (χ0v) is 22.0. The Morgan fingerprint density at radius 3 is 2.14 bits per heavy atom. The molecule has 2 N–H and O–H groups in total. The van der Waals surface area contributed by atoms with Gasteiger partial charge in [0.2, 0.25) is 0 Å². The molecule has 0 amide bonds. The zero-order chi connectivity index (χ0) is 25.7. The van der Waals surface area contributed by atoms with E-state index in [1.165, 1.54) is 10.6 Å². The molecule has 1 fully saturated rings. The van der Waals surface area contributed by atoms with Crippen LogP contribution in [0.1, 0.15) is 78.7 Å². The molecule has 188 valence electrons. The molecule has 6 heteroatoms. The molecule has 2 aromatic rings. The van der Waals surface area contributed by atoms with Gasteiger partial charge in [0.1, 0.15) is 17.7 Å². The van der Waals surface area contributed by atoms with Gasteiger partial charge in [-0.05, 0) is 41.2 Å². The molecule has 1 aliphatic carbocycles. The maximum absolute atomic E-state index is 13.9. The maximum Gasteiger partial charge on any atom is 0.336 e. The number of rotatable bonds is 3. The van der Waals surface area contributed by atoms with Gasteiger partial charge in [-0.2, -0.15) is 0 Å². The first-order chi connectivity index (χ1) is 16.3. The molecule has 0 saturated heterocycles. The van der Waals surface area contributed by atoms with Crippen molar-refractivity contribution >= 4 is 17.9 Å². The minimum atomic E-state index is -0.594. The van der Waals surface area contributed by atoms with Crippen LogP contribution in [0.25, 0.3) is 6.08 Å². The number of nitrogens with two attached hydrogens (primary N) is 1. The molecule has 1 aromatic heterocycles. The molecule has 1 saturated carbocycles. The fraction of sp³-hybridized carbons (Fsp3) is 0.552. The molecule has 3 atom stereocenters. The predicted octanol–water partition coefficient (Wildman–Crippen LogP) is 5.48. The van der Waals surface area contributed by atoms with Crippen LogP contribution in [0.4, 0.5) is 5.82 Å². The molecule has 0 bridgehead atoms. The van der Waals surface area contributed by atoms with Crippen molar-refractivity contribution in [1.29, 1.82) is 0 Å². The molecule has 0 spiro atoms. The number of fused-ring (bicyclic) bond motifs is 1. The van der Waals surface area contributed by atoms with Crippen LogP contribution in [0, 0.1) is 28.6 Å². The third-order valence-corrected chi connectivity index (χ3v) is 7.76. The first-order valence-electron chi connectivity index (χ1n) is 12.6. The van der Waals surface area contributed by atoms with Gasteiger partial charge >= 0.3 is 5.97 Å². The van der Waals surface area contributed by atoms with Crippen molar-refractivity contribution in [2.75, 3.05) is 5.73 Å². The van der Waals surface area contributed by atoms with E-state index in [1.807, 2.05) is 30.3 Å². The van der Waals surface area contributed by atoms with Gasteiger partial charge in [0.15, 0.2) is 0 Å². The van der Waals surface area contributed by atoms with Crippen molar-refractivity contribution in [3.8, 4) is 0 Å². The normalized spacial score (nSPS) is 26.7. The predicted molar refractivity (Wildman–Crippen MR) is 140 cm³/mol. The van der Waals surface area contributed by atoms with Crippen LogP contribution in [-0.2, 0) is 9.53 Å². The summed E-state index contributed by atoms with van der Waals surface area (Å²) >= 11 is 0. The molecule has 4 rings (SSSR count). The van der Waals surface area contributed by atoms with Gasteiger partial charge in [-0.3, -0.25) is 9.36 Å². The lowest BCUT2D eigenvalue weighted by Crippen LogP contribution is -2.49. The van der Waals surface area contributed by atoms with Crippen molar-refractivity contribution in [3.05, 3.63) is 63.7 Å². The van der Waals surface area contributed by atoms with Crippen LogP contribution in [0.3, 0.4) is 0 Å². The number of esters is 1. The van der Waals surface area contributed by atoms with E-state index in [0.717, 1.165) is 18.4 Å². The van der Waals surface area contributed by atoms with Crippen molar-refractivity contribution in [1.82, 2.24) is 9.55 Å². The van der Waals surface area contributed by atoms with E-state index in [9.17, 15) is 9.59 Å². The summed E-state index contributed by atoms with van der Waals surface area (Å²) in [5.41, 5.74) is 6.81. The quantitative estimate of drug-likeness (QED) is 0.592. The molecule has 2 aliphatic rings. The van der Waals surface area contributed by atoms with Gasteiger partial charge in [-0.1, -0.05) is 78.8 Å². The zero-order valence-electron chi connectivity index (χ0n) is 22.0. The number of benzene rings is 1. The van der Waals surface area contributed by atoms with E-state index in [4.69, 9.17) is 10.5 Å². The summed E-state index contributed by atoms with van der Waals surface area (Å²) < 4.78 is 8.01. The van der Waals surface area contributed by atoms with Crippen LogP contribution in [0.5, 0.6) is 0 Å². The summed E-state index contributed by atoms with van der Waals surface area (Å²) in [6.45, 7) is 15.7. The highest BCUT2D eigenvalue weighted by atomic mass is 16.5. The Morgan fingerprint density at radius 2 is 1.60 bits per heavy atom. The van der Waals surface area contributed by atoms with Crippen molar-refractivity contribution < 1.29 is 9.53 Å². The van der Waals surface area contributed by atoms with E-state index in [0.29, 0.717) is 17.3 Å². The first kappa shape index (κ1) is 25.2. The standard InChI is InChI=1S/C29H39N3O3/c1-17-13-20(28(2,3)4)26(21(14-17)29(5,6)7)35-27(34)19-15-23-31-22(30)16-24(33)32(23)25(19)18-11-9-8-10-12-18/h8-12,15-17,20-21,25-26H,13-14,30H2,1-7H3. The van der Waals surface area contributed by atoms with Crippen molar-refractivity contribution in [3.63, 3.8) is 0 Å². The third-order valence-electron chi connectivity index (χ3n) is 7.76. The average Bonchev–Trinajstić information content (AvgIpc) is 3.13. The molecule has 2 heterocycles. The van der Waals surface area contributed by atoms with E-state index >= 15 is 0 Å². The number of nitrogens with zero attached hydrogens (tertiary/aromatic N) is 2. The number of carbonyl (C=O) groups excluding carboxylic acids is 1. The molecule has 35 heavy (non-hydrogen) atoms. The monoisotopic (exact) mass is 477 g/mol. The summed E-state index contributed by atoms with van der Waals surface area (Å²) in [6.07, 6.45) is 3.50. The Hall–Kier alpha value is -2.89. The fourth-order valence-corrected chi connectivity index (χ4v) is 5.94. The van der Waals surface area contributed by atoms with E-state index < -0.39 is 6.04 Å². The summed E-state index contributed by atoms with van der Waals surface area (Å²) in [5, 5.41) is 0. The number of nitrogen functional groups attached to an aromatic ring is 1. The number of aromatic nitrogens is 2. The summed E-state index contributed by atoms with van der Waals surface area (Å²) in [6, 6.07) is 10.3. The van der Waals surface area contributed by atoms with Crippen LogP contribution >= 0.6 is 0 Å². The Labute approximate surface area is 208 Å². The van der Waals surface area contributed by atoms with Gasteiger partial charge in [0.05, 0.1) is 11.6 Å². The second kappa shape index (κ2) is 8.96. The Kier molecular flexibility index (Phi) is 6.45. The smallest absolute Gasteiger partial charge is 0.336 e. The molecule has 1 aromatic carbocycles. The number of carbonyl (C=O) groups is 1. The van der Waals surface area contributed by atoms with Crippen LogP contribution in [-0.4, -0.2) is 21.6 Å². The lowest BCUT2D eigenvalue weighted by Gasteiger charge is -2.50. The highest BCUT2D eigenvalue weighted by Gasteiger charge is 2.48. The van der Waals surface area contributed by atoms with Crippen molar-refractivity contribution in [2.45, 2.75) is 73.5 Å². The Morgan fingerprint density at radius 1 is 1.03 bits per heavy atom. The number of hydrogen-bond donors (Lipinski definition) is 1. The molecule has 1 aliphatic heterocycles. The molecule has 6 nitrogen and oxygen atoms in total. The molecule has 3 unspecified atom stereocenters. The van der Waals surface area contributed by atoms with Crippen LogP contribution in [0.2, 0.25) is 0 Å². The Balaban J connectivity index is 1.76. The number of anilines is 1. The lowest BCUT2D eigenvalue weighted by molar-refractivity contribution is -0.165. The van der Waals surface area contributed by atoms with Crippen molar-refractivity contribution in [2.24, 2.45) is 28.6 Å². The van der Waals surface area contributed by atoms with Gasteiger partial charge in [0, 0.05) is 17.9 Å². The maximum atomic E-state index is 13.9. The number of hydrogen-bond acceptors (Lipinski definition) is 5. The molecular weight excluding hydrogens is 438 g/mol. The van der Waals surface area contributed by atoms with Gasteiger partial charge in [-0.25, -0.2) is 9.78 Å². The largest absolute Gasteiger partial charge is 0.458 e. The topological polar surface area (TPSA) is 87.2 Å². The lowest BCUT2D eigenvalue weighted by atomic mass is 9.59. The summed E-state index contributed by atoms with van der Waals surface area (Å²) in [5.74, 6) is 1.17. The second-order valence-electron chi connectivity index (χ2n) is 12.6. The molecule has 0 radical (unpaired) electrons. The SMILES string of the molecule is CC1CC(C(C)(C)C)C(OC(=O)C2=Cc3nc(N)cc(=O)n3C2c2ccccc2)C(C(C)(C)C)C1. The van der Waals surface area contributed by atoms with E-state index in [-0.39, 0.29) is 46.1 Å². The minimum Gasteiger partial charge on any atom is -0.458 e. The third kappa shape index (κ3) is 4.93. The minimum absolute atomic E-state index is 0.0120. The summed E-state index contributed by atoms with van der Waals surface area (Å²) in [7, 11) is 0. The van der Waals surface area contributed by atoms with E-state index in [1.54, 1.807) is 6.08 Å².